The van der Waals surface area contributed by atoms with Crippen LogP contribution >= 0.6 is 27.5 Å². The molecule has 2 rings (SSSR count). The average Bonchev–Trinajstić information content (AvgIpc) is 2.60. The van der Waals surface area contributed by atoms with Crippen LogP contribution in [0.25, 0.3) is 0 Å². The second-order valence-corrected chi connectivity index (χ2v) is 6.15. The predicted molar refractivity (Wildman–Crippen MR) is 94.3 cm³/mol. The Kier molecular flexibility index (Phi) is 6.63. The molecular weight excluding hydrogens is 398 g/mol. The summed E-state index contributed by atoms with van der Waals surface area (Å²) in [6.07, 6.45) is 0. The molecule has 0 saturated carbocycles. The number of nitrogens with one attached hydrogen (secondary N) is 1. The second-order valence-electron chi connectivity index (χ2n) is 4.83. The number of benzene rings is 2. The molecule has 0 radical (unpaired) electrons. The summed E-state index contributed by atoms with van der Waals surface area (Å²) in [5.74, 6) is -0.354. The highest BCUT2D eigenvalue weighted by molar-refractivity contribution is 9.10. The van der Waals surface area contributed by atoms with Crippen LogP contribution in [0, 0.1) is 0 Å². The van der Waals surface area contributed by atoms with Crippen molar-refractivity contribution in [3.05, 3.63) is 63.1 Å². The normalized spacial score (nSPS) is 10.1. The maximum atomic E-state index is 12.0. The largest absolute Gasteiger partial charge is 0.497 e. The molecular formula is C17H15BrClNO4. The van der Waals surface area contributed by atoms with Crippen molar-refractivity contribution in [3.63, 3.8) is 0 Å². The fourth-order valence-electron chi connectivity index (χ4n) is 1.90. The van der Waals surface area contributed by atoms with Crippen molar-refractivity contribution in [2.45, 2.75) is 6.54 Å². The van der Waals surface area contributed by atoms with Gasteiger partial charge in [0.1, 0.15) is 5.75 Å². The van der Waals surface area contributed by atoms with E-state index in [0.29, 0.717) is 16.8 Å². The van der Waals surface area contributed by atoms with Crippen molar-refractivity contribution in [1.82, 2.24) is 5.32 Å². The van der Waals surface area contributed by atoms with Gasteiger partial charge in [0.2, 0.25) is 0 Å². The lowest BCUT2D eigenvalue weighted by Gasteiger charge is -2.08. The summed E-state index contributed by atoms with van der Waals surface area (Å²) >= 11 is 9.19. The van der Waals surface area contributed by atoms with E-state index in [1.54, 1.807) is 25.3 Å². The molecule has 0 fully saturated rings. The van der Waals surface area contributed by atoms with E-state index in [9.17, 15) is 9.59 Å². The van der Waals surface area contributed by atoms with Gasteiger partial charge in [-0.3, -0.25) is 4.79 Å². The quantitative estimate of drug-likeness (QED) is 0.737. The Morgan fingerprint density at radius 2 is 2.00 bits per heavy atom. The first-order valence-corrected chi connectivity index (χ1v) is 8.18. The maximum Gasteiger partial charge on any atom is 0.340 e. The number of halogens is 2. The van der Waals surface area contributed by atoms with E-state index in [-0.39, 0.29) is 17.2 Å². The Morgan fingerprint density at radius 1 is 1.21 bits per heavy atom. The molecule has 1 N–H and O–H groups in total. The second kappa shape index (κ2) is 8.70. The van der Waals surface area contributed by atoms with Crippen LogP contribution in [-0.4, -0.2) is 25.6 Å². The highest BCUT2D eigenvalue weighted by Gasteiger charge is 2.14. The van der Waals surface area contributed by atoms with Gasteiger partial charge in [0.25, 0.3) is 5.91 Å². The van der Waals surface area contributed by atoms with Gasteiger partial charge < -0.3 is 14.8 Å². The molecule has 126 valence electrons. The third-order valence-electron chi connectivity index (χ3n) is 3.11. The summed E-state index contributed by atoms with van der Waals surface area (Å²) in [4.78, 5) is 23.8. The van der Waals surface area contributed by atoms with E-state index < -0.39 is 11.9 Å². The van der Waals surface area contributed by atoms with E-state index in [0.717, 1.165) is 5.56 Å². The number of carbonyl (C=O) groups is 2. The molecule has 0 aromatic heterocycles. The molecule has 0 bridgehead atoms. The molecule has 2 aromatic carbocycles. The van der Waals surface area contributed by atoms with Crippen molar-refractivity contribution >= 4 is 39.4 Å². The summed E-state index contributed by atoms with van der Waals surface area (Å²) in [6.45, 7) is -0.0726. The standard InChI is InChI=1S/C17H15BrClNO4/c1-23-13-4-2-3-11(7-13)9-20-16(21)10-24-17(22)14-8-12(18)5-6-15(14)19/h2-8H,9-10H2,1H3,(H,20,21). The van der Waals surface area contributed by atoms with Gasteiger partial charge >= 0.3 is 5.97 Å². The lowest BCUT2D eigenvalue weighted by Crippen LogP contribution is -2.28. The minimum atomic E-state index is -0.655. The zero-order valence-electron chi connectivity index (χ0n) is 12.8. The van der Waals surface area contributed by atoms with Crippen LogP contribution in [0.15, 0.2) is 46.9 Å². The molecule has 0 aliphatic rings. The van der Waals surface area contributed by atoms with Crippen LogP contribution in [-0.2, 0) is 16.1 Å². The molecule has 0 saturated heterocycles. The van der Waals surface area contributed by atoms with Gasteiger partial charge in [-0.05, 0) is 35.9 Å². The molecule has 1 amide bonds. The van der Waals surface area contributed by atoms with Crippen molar-refractivity contribution in [3.8, 4) is 5.75 Å². The SMILES string of the molecule is COc1cccc(CNC(=O)COC(=O)c2cc(Br)ccc2Cl)c1. The highest BCUT2D eigenvalue weighted by Crippen LogP contribution is 2.21. The summed E-state index contributed by atoms with van der Waals surface area (Å²) in [6, 6.07) is 12.1. The number of esters is 1. The zero-order valence-corrected chi connectivity index (χ0v) is 15.2. The first kappa shape index (κ1) is 18.3. The zero-order chi connectivity index (χ0) is 17.5. The van der Waals surface area contributed by atoms with Gasteiger partial charge in [-0.1, -0.05) is 39.7 Å². The lowest BCUT2D eigenvalue weighted by atomic mass is 10.2. The van der Waals surface area contributed by atoms with Gasteiger partial charge in [-0.15, -0.1) is 0 Å². The molecule has 7 heteroatoms. The van der Waals surface area contributed by atoms with Crippen LogP contribution in [0.3, 0.4) is 0 Å². The van der Waals surface area contributed by atoms with Gasteiger partial charge in [0.05, 0.1) is 17.7 Å². The minimum absolute atomic E-state index is 0.201. The Bertz CT molecular complexity index is 751. The molecule has 0 heterocycles. The van der Waals surface area contributed by atoms with E-state index in [4.69, 9.17) is 21.1 Å². The number of carbonyl (C=O) groups excluding carboxylic acids is 2. The predicted octanol–water partition coefficient (Wildman–Crippen LogP) is 3.58. The molecule has 2 aromatic rings. The number of amides is 1. The summed E-state index contributed by atoms with van der Waals surface area (Å²) in [7, 11) is 1.57. The third-order valence-corrected chi connectivity index (χ3v) is 3.93. The van der Waals surface area contributed by atoms with Crippen molar-refractivity contribution in [2.24, 2.45) is 0 Å². The molecule has 0 spiro atoms. The molecule has 24 heavy (non-hydrogen) atoms. The van der Waals surface area contributed by atoms with Crippen LogP contribution in [0.1, 0.15) is 15.9 Å². The molecule has 5 nitrogen and oxygen atoms in total. The van der Waals surface area contributed by atoms with Gasteiger partial charge in [-0.25, -0.2) is 4.79 Å². The maximum absolute atomic E-state index is 12.0. The number of ether oxygens (including phenoxy) is 2. The first-order valence-electron chi connectivity index (χ1n) is 7.01. The molecule has 0 atom stereocenters. The van der Waals surface area contributed by atoms with Crippen molar-refractivity contribution in [1.29, 1.82) is 0 Å². The topological polar surface area (TPSA) is 64.6 Å². The van der Waals surface area contributed by atoms with Crippen LogP contribution in [0.4, 0.5) is 0 Å². The van der Waals surface area contributed by atoms with E-state index in [1.807, 2.05) is 24.3 Å². The molecule has 0 aliphatic heterocycles. The summed E-state index contributed by atoms with van der Waals surface area (Å²) < 4.78 is 10.8. The minimum Gasteiger partial charge on any atom is -0.497 e. The van der Waals surface area contributed by atoms with Crippen LogP contribution in [0.2, 0.25) is 5.02 Å². The first-order chi connectivity index (χ1) is 11.5. The Labute approximate surface area is 153 Å². The fraction of sp³-hybridized carbons (Fsp3) is 0.176. The number of hydrogen-bond donors (Lipinski definition) is 1. The Hall–Kier alpha value is -2.05. The van der Waals surface area contributed by atoms with Gasteiger partial charge in [0, 0.05) is 11.0 Å². The number of methoxy groups -OCH3 is 1. The molecule has 0 unspecified atom stereocenters. The molecule has 0 aliphatic carbocycles. The Morgan fingerprint density at radius 3 is 2.75 bits per heavy atom. The smallest absolute Gasteiger partial charge is 0.340 e. The van der Waals surface area contributed by atoms with Crippen LogP contribution in [0.5, 0.6) is 5.75 Å². The van der Waals surface area contributed by atoms with Gasteiger partial charge in [-0.2, -0.15) is 0 Å². The average molecular weight is 413 g/mol. The van der Waals surface area contributed by atoms with Gasteiger partial charge in [0.15, 0.2) is 6.61 Å². The highest BCUT2D eigenvalue weighted by atomic mass is 79.9. The van der Waals surface area contributed by atoms with E-state index >= 15 is 0 Å². The van der Waals surface area contributed by atoms with Crippen molar-refractivity contribution < 1.29 is 19.1 Å². The third kappa shape index (κ3) is 5.25. The summed E-state index contributed by atoms with van der Waals surface area (Å²) in [5, 5.41) is 2.93. The summed E-state index contributed by atoms with van der Waals surface area (Å²) in [5.41, 5.74) is 1.08. The Balaban J connectivity index is 1.84. The monoisotopic (exact) mass is 411 g/mol. The fourth-order valence-corrected chi connectivity index (χ4v) is 2.45. The van der Waals surface area contributed by atoms with E-state index in [1.165, 1.54) is 0 Å². The number of hydrogen-bond acceptors (Lipinski definition) is 4. The van der Waals surface area contributed by atoms with Crippen LogP contribution < -0.4 is 10.1 Å². The lowest BCUT2D eigenvalue weighted by molar-refractivity contribution is -0.124. The van der Waals surface area contributed by atoms with Crippen molar-refractivity contribution in [2.75, 3.05) is 13.7 Å². The van der Waals surface area contributed by atoms with E-state index in [2.05, 4.69) is 21.2 Å². The number of rotatable bonds is 6.